The highest BCUT2D eigenvalue weighted by Crippen LogP contribution is 2.41. The van der Waals surface area contributed by atoms with E-state index in [0.29, 0.717) is 19.6 Å². The van der Waals surface area contributed by atoms with Gasteiger partial charge >= 0.3 is 0 Å². The number of fused-ring (bicyclic) bond motifs is 1. The average molecular weight is 232 g/mol. The summed E-state index contributed by atoms with van der Waals surface area (Å²) in [5, 5.41) is 0. The number of hydrogen-bond acceptors (Lipinski definition) is 3. The first-order chi connectivity index (χ1) is 8.30. The molecule has 17 heavy (non-hydrogen) atoms. The lowest BCUT2D eigenvalue weighted by Crippen LogP contribution is -2.38. The Kier molecular flexibility index (Phi) is 2.73. The molecule has 1 aromatic rings. The van der Waals surface area contributed by atoms with Gasteiger partial charge in [0.2, 0.25) is 0 Å². The van der Waals surface area contributed by atoms with E-state index < -0.39 is 0 Å². The van der Waals surface area contributed by atoms with Crippen molar-refractivity contribution in [1.82, 2.24) is 0 Å². The molecule has 0 N–H and O–H groups in total. The number of carbonyl (C=O) groups is 1. The van der Waals surface area contributed by atoms with E-state index in [-0.39, 0.29) is 17.5 Å². The van der Waals surface area contributed by atoms with E-state index in [4.69, 9.17) is 9.47 Å². The van der Waals surface area contributed by atoms with E-state index in [2.05, 4.69) is 0 Å². The number of ketones is 1. The van der Waals surface area contributed by atoms with Crippen molar-refractivity contribution >= 4 is 5.78 Å². The lowest BCUT2D eigenvalue weighted by atomic mass is 9.98. The van der Waals surface area contributed by atoms with Crippen molar-refractivity contribution in [3.8, 4) is 0 Å². The molecule has 1 saturated heterocycles. The molecule has 0 amide bonds. The highest BCUT2D eigenvalue weighted by molar-refractivity contribution is 5.87. The molecule has 90 valence electrons. The predicted molar refractivity (Wildman–Crippen MR) is 62.6 cm³/mol. The minimum Gasteiger partial charge on any atom is -0.367 e. The molecule has 0 spiro atoms. The third-order valence-electron chi connectivity index (χ3n) is 3.74. The van der Waals surface area contributed by atoms with Crippen LogP contribution in [-0.4, -0.2) is 24.1 Å². The summed E-state index contributed by atoms with van der Waals surface area (Å²) in [4.78, 5) is 11.7. The largest absolute Gasteiger partial charge is 0.367 e. The van der Waals surface area contributed by atoms with Crippen LogP contribution in [0.25, 0.3) is 0 Å². The molecular formula is C14H16O3. The van der Waals surface area contributed by atoms with Gasteiger partial charge in [0.05, 0.1) is 13.2 Å². The Bertz CT molecular complexity index is 415. The molecule has 3 heteroatoms. The van der Waals surface area contributed by atoms with Gasteiger partial charge in [-0.3, -0.25) is 4.79 Å². The number of carbonyl (C=O) groups excluding carboxylic acids is 1. The molecule has 2 fully saturated rings. The lowest BCUT2D eigenvalue weighted by molar-refractivity contribution is -0.134. The molecule has 1 aliphatic heterocycles. The second-order valence-corrected chi connectivity index (χ2v) is 4.81. The molecule has 0 bridgehead atoms. The zero-order valence-electron chi connectivity index (χ0n) is 9.72. The highest BCUT2D eigenvalue weighted by Gasteiger charge is 2.53. The van der Waals surface area contributed by atoms with Crippen molar-refractivity contribution in [2.75, 3.05) is 6.61 Å². The maximum atomic E-state index is 11.7. The molecule has 3 rings (SSSR count). The van der Waals surface area contributed by atoms with Crippen LogP contribution in [0, 0.1) is 0 Å². The predicted octanol–water partition coefficient (Wildman–Crippen LogP) is 2.09. The fraction of sp³-hybridized carbons (Fsp3) is 0.500. The first-order valence-corrected chi connectivity index (χ1v) is 6.12. The lowest BCUT2D eigenvalue weighted by Gasteiger charge is -2.27. The molecule has 0 unspecified atom stereocenters. The van der Waals surface area contributed by atoms with Crippen LogP contribution >= 0.6 is 0 Å². The van der Waals surface area contributed by atoms with Gasteiger partial charge in [-0.25, -0.2) is 0 Å². The molecule has 1 aromatic carbocycles. The number of benzene rings is 1. The molecule has 3 nitrogen and oxygen atoms in total. The smallest absolute Gasteiger partial charge is 0.164 e. The van der Waals surface area contributed by atoms with Crippen LogP contribution in [0.5, 0.6) is 0 Å². The standard InChI is InChI=1S/C14H16O3/c15-12-6-7-14(8-9-16-13(12)14)17-10-11-4-2-1-3-5-11/h1-5,13H,6-10H2/t13-,14+/m1/s1. The Morgan fingerprint density at radius 3 is 2.94 bits per heavy atom. The summed E-state index contributed by atoms with van der Waals surface area (Å²) in [7, 11) is 0. The van der Waals surface area contributed by atoms with Crippen LogP contribution in [0.2, 0.25) is 0 Å². The maximum absolute atomic E-state index is 11.7. The van der Waals surface area contributed by atoms with E-state index in [1.165, 1.54) is 0 Å². The van der Waals surface area contributed by atoms with Gasteiger partial charge in [-0.15, -0.1) is 0 Å². The molecular weight excluding hydrogens is 216 g/mol. The summed E-state index contributed by atoms with van der Waals surface area (Å²) in [5.74, 6) is 0.204. The summed E-state index contributed by atoms with van der Waals surface area (Å²) in [6.45, 7) is 1.21. The van der Waals surface area contributed by atoms with Crippen molar-refractivity contribution < 1.29 is 14.3 Å². The first-order valence-electron chi connectivity index (χ1n) is 6.12. The Labute approximate surface area is 101 Å². The SMILES string of the molecule is O=C1CC[C@]2(OCc3ccccc3)CCO[C@H]12. The molecule has 2 aliphatic rings. The van der Waals surface area contributed by atoms with Crippen LogP contribution in [-0.2, 0) is 20.9 Å². The quantitative estimate of drug-likeness (QED) is 0.800. The Morgan fingerprint density at radius 2 is 2.12 bits per heavy atom. The third-order valence-corrected chi connectivity index (χ3v) is 3.74. The monoisotopic (exact) mass is 232 g/mol. The van der Waals surface area contributed by atoms with Crippen LogP contribution in [0.4, 0.5) is 0 Å². The Morgan fingerprint density at radius 1 is 1.29 bits per heavy atom. The fourth-order valence-corrected chi connectivity index (χ4v) is 2.76. The van der Waals surface area contributed by atoms with Gasteiger partial charge in [0.15, 0.2) is 5.78 Å². The normalized spacial score (nSPS) is 31.8. The van der Waals surface area contributed by atoms with E-state index >= 15 is 0 Å². The Balaban J connectivity index is 1.70. The second-order valence-electron chi connectivity index (χ2n) is 4.81. The van der Waals surface area contributed by atoms with Gasteiger partial charge in [-0.1, -0.05) is 30.3 Å². The van der Waals surface area contributed by atoms with Crippen molar-refractivity contribution in [2.24, 2.45) is 0 Å². The highest BCUT2D eigenvalue weighted by atomic mass is 16.6. The Hall–Kier alpha value is -1.19. The molecule has 2 atom stereocenters. The summed E-state index contributed by atoms with van der Waals surface area (Å²) < 4.78 is 11.5. The van der Waals surface area contributed by atoms with E-state index in [9.17, 15) is 4.79 Å². The number of hydrogen-bond donors (Lipinski definition) is 0. The van der Waals surface area contributed by atoms with Crippen LogP contribution in [0.1, 0.15) is 24.8 Å². The minimum absolute atomic E-state index is 0.204. The summed E-state index contributed by atoms with van der Waals surface area (Å²) in [6, 6.07) is 10.1. The van der Waals surface area contributed by atoms with Gasteiger partial charge in [0, 0.05) is 12.8 Å². The van der Waals surface area contributed by atoms with Crippen molar-refractivity contribution in [1.29, 1.82) is 0 Å². The zero-order valence-corrected chi connectivity index (χ0v) is 9.72. The van der Waals surface area contributed by atoms with Crippen molar-refractivity contribution in [3.63, 3.8) is 0 Å². The van der Waals surface area contributed by atoms with Gasteiger partial charge in [-0.2, -0.15) is 0 Å². The topological polar surface area (TPSA) is 35.5 Å². The van der Waals surface area contributed by atoms with Crippen LogP contribution < -0.4 is 0 Å². The van der Waals surface area contributed by atoms with Gasteiger partial charge in [0.25, 0.3) is 0 Å². The fourth-order valence-electron chi connectivity index (χ4n) is 2.76. The summed E-state index contributed by atoms with van der Waals surface area (Å²) in [5.41, 5.74) is 0.805. The maximum Gasteiger partial charge on any atom is 0.164 e. The molecule has 1 aliphatic carbocycles. The summed E-state index contributed by atoms with van der Waals surface area (Å²) in [6.07, 6.45) is 1.94. The number of ether oxygens (including phenoxy) is 2. The van der Waals surface area contributed by atoms with Crippen LogP contribution in [0.15, 0.2) is 30.3 Å². The number of rotatable bonds is 3. The minimum atomic E-state index is -0.340. The van der Waals surface area contributed by atoms with Crippen LogP contribution in [0.3, 0.4) is 0 Å². The van der Waals surface area contributed by atoms with Crippen molar-refractivity contribution in [3.05, 3.63) is 35.9 Å². The molecule has 1 heterocycles. The molecule has 1 saturated carbocycles. The van der Waals surface area contributed by atoms with Gasteiger partial charge in [-0.05, 0) is 12.0 Å². The first kappa shape index (κ1) is 10.9. The second kappa shape index (κ2) is 4.24. The number of Topliss-reactive ketones (excluding diaryl/α,β-unsaturated/α-hetero) is 1. The molecule has 0 radical (unpaired) electrons. The third kappa shape index (κ3) is 1.90. The van der Waals surface area contributed by atoms with Gasteiger partial charge in [0.1, 0.15) is 11.7 Å². The van der Waals surface area contributed by atoms with E-state index in [1.54, 1.807) is 0 Å². The zero-order chi connectivity index (χ0) is 11.7. The average Bonchev–Trinajstić information content (AvgIpc) is 2.90. The molecule has 0 aromatic heterocycles. The van der Waals surface area contributed by atoms with Crippen molar-refractivity contribution in [2.45, 2.75) is 37.6 Å². The summed E-state index contributed by atoms with van der Waals surface area (Å²) >= 11 is 0. The van der Waals surface area contributed by atoms with E-state index in [1.807, 2.05) is 30.3 Å². The van der Waals surface area contributed by atoms with E-state index in [0.717, 1.165) is 18.4 Å². The van der Waals surface area contributed by atoms with Gasteiger partial charge < -0.3 is 9.47 Å².